The minimum absolute atomic E-state index is 0.118. The van der Waals surface area contributed by atoms with Gasteiger partial charge in [-0.05, 0) is 18.4 Å². The van der Waals surface area contributed by atoms with E-state index >= 15 is 0 Å². The highest BCUT2D eigenvalue weighted by atomic mass is 32.2. The number of hydrogen-bond acceptors (Lipinski definition) is 6. The van der Waals surface area contributed by atoms with E-state index in [9.17, 15) is 19.5 Å². The molecule has 1 N–H and O–H groups in total. The molecule has 2 saturated heterocycles. The van der Waals surface area contributed by atoms with Crippen molar-refractivity contribution in [2.24, 2.45) is 11.8 Å². The SMILES string of the molecule is CCCCN1CC=C[C@]23S[C@@H]4C=CCCOC(=O)[C@@H]4[C@H]2C(=O)N([C@H](CO)c2ccccc2)C3C1=O. The van der Waals surface area contributed by atoms with Crippen LogP contribution >= 0.6 is 11.8 Å². The molecule has 1 aromatic rings. The van der Waals surface area contributed by atoms with Gasteiger partial charge in [0.2, 0.25) is 11.8 Å². The molecule has 7 nitrogen and oxygen atoms in total. The minimum Gasteiger partial charge on any atom is -0.465 e. The number of aliphatic hydroxyl groups is 1. The Hall–Kier alpha value is -2.58. The summed E-state index contributed by atoms with van der Waals surface area (Å²) in [4.78, 5) is 45.0. The van der Waals surface area contributed by atoms with E-state index in [0.29, 0.717) is 19.5 Å². The highest BCUT2D eigenvalue weighted by Crippen LogP contribution is 2.61. The van der Waals surface area contributed by atoms with Gasteiger partial charge in [-0.25, -0.2) is 0 Å². The predicted octanol–water partition coefficient (Wildman–Crippen LogP) is 2.72. The van der Waals surface area contributed by atoms with Crippen LogP contribution in [-0.2, 0) is 19.1 Å². The number of ether oxygens (including phenoxy) is 1. The van der Waals surface area contributed by atoms with Gasteiger partial charge in [-0.3, -0.25) is 14.4 Å². The van der Waals surface area contributed by atoms with E-state index in [1.165, 1.54) is 11.8 Å². The number of carbonyl (C=O) groups excluding carboxylic acids is 3. The number of fused-ring (bicyclic) bond motifs is 2. The van der Waals surface area contributed by atoms with Gasteiger partial charge in [-0.2, -0.15) is 0 Å². The molecule has 4 heterocycles. The molecule has 8 heteroatoms. The Kier molecular flexibility index (Phi) is 6.77. The van der Waals surface area contributed by atoms with Gasteiger partial charge in [0.15, 0.2) is 0 Å². The van der Waals surface area contributed by atoms with Crippen LogP contribution in [0.2, 0.25) is 0 Å². The lowest BCUT2D eigenvalue weighted by Gasteiger charge is -2.38. The van der Waals surface area contributed by atoms with Crippen molar-refractivity contribution in [2.75, 3.05) is 26.3 Å². The Morgan fingerprint density at radius 2 is 1.97 bits per heavy atom. The van der Waals surface area contributed by atoms with Crippen molar-refractivity contribution in [3.8, 4) is 0 Å². The second kappa shape index (κ2) is 9.82. The van der Waals surface area contributed by atoms with Gasteiger partial charge >= 0.3 is 5.97 Å². The molecule has 0 radical (unpaired) electrons. The number of benzene rings is 1. The van der Waals surface area contributed by atoms with Crippen molar-refractivity contribution in [2.45, 2.75) is 48.3 Å². The van der Waals surface area contributed by atoms with Crippen LogP contribution in [0.5, 0.6) is 0 Å². The molecule has 0 aromatic heterocycles. The molecule has 0 saturated carbocycles. The van der Waals surface area contributed by atoms with Gasteiger partial charge in [0, 0.05) is 18.3 Å². The summed E-state index contributed by atoms with van der Waals surface area (Å²) >= 11 is 1.53. The van der Waals surface area contributed by atoms with Crippen LogP contribution < -0.4 is 0 Å². The van der Waals surface area contributed by atoms with E-state index in [1.54, 1.807) is 4.90 Å². The van der Waals surface area contributed by atoms with Crippen molar-refractivity contribution < 1.29 is 24.2 Å². The van der Waals surface area contributed by atoms with Gasteiger partial charge in [0.05, 0.1) is 35.8 Å². The number of thioether (sulfide) groups is 1. The fraction of sp³-hybridized carbons (Fsp3) is 0.519. The first-order valence-electron chi connectivity index (χ1n) is 12.5. The third-order valence-corrected chi connectivity index (χ3v) is 9.36. The fourth-order valence-corrected chi connectivity index (χ4v) is 8.00. The molecule has 186 valence electrons. The first-order valence-corrected chi connectivity index (χ1v) is 13.4. The van der Waals surface area contributed by atoms with Gasteiger partial charge in [-0.1, -0.05) is 68.0 Å². The molecule has 6 atom stereocenters. The highest BCUT2D eigenvalue weighted by molar-refractivity contribution is 8.02. The molecule has 1 aromatic carbocycles. The average Bonchev–Trinajstić information content (AvgIpc) is 3.24. The van der Waals surface area contributed by atoms with Crippen LogP contribution in [0.4, 0.5) is 0 Å². The van der Waals surface area contributed by atoms with Gasteiger partial charge < -0.3 is 19.6 Å². The molecule has 0 aliphatic carbocycles. The number of nitrogens with zero attached hydrogens (tertiary/aromatic N) is 2. The maximum atomic E-state index is 14.3. The van der Waals surface area contributed by atoms with E-state index in [0.717, 1.165) is 18.4 Å². The summed E-state index contributed by atoms with van der Waals surface area (Å²) in [7, 11) is 0. The molecule has 1 unspecified atom stereocenters. The molecule has 0 bridgehead atoms. The number of aliphatic hydroxyl groups excluding tert-OH is 1. The first kappa shape index (κ1) is 24.1. The number of likely N-dealkylation sites (tertiary alicyclic amines) is 1. The Labute approximate surface area is 210 Å². The van der Waals surface area contributed by atoms with Gasteiger partial charge in [-0.15, -0.1) is 11.8 Å². The van der Waals surface area contributed by atoms with Crippen LogP contribution in [0.15, 0.2) is 54.6 Å². The molecule has 4 aliphatic rings. The smallest absolute Gasteiger partial charge is 0.311 e. The minimum atomic E-state index is -0.902. The van der Waals surface area contributed by atoms with Gasteiger partial charge in [0.25, 0.3) is 0 Å². The molecular formula is C27H32N2O5S. The zero-order valence-electron chi connectivity index (χ0n) is 19.9. The van der Waals surface area contributed by atoms with Gasteiger partial charge in [0.1, 0.15) is 6.04 Å². The fourth-order valence-electron chi connectivity index (χ4n) is 6.01. The van der Waals surface area contributed by atoms with Crippen molar-refractivity contribution in [1.82, 2.24) is 9.80 Å². The topological polar surface area (TPSA) is 87.2 Å². The number of amides is 2. The lowest BCUT2D eigenvalue weighted by atomic mass is 9.78. The zero-order valence-corrected chi connectivity index (χ0v) is 20.7. The monoisotopic (exact) mass is 496 g/mol. The summed E-state index contributed by atoms with van der Waals surface area (Å²) in [5.41, 5.74) is 0.765. The second-order valence-electron chi connectivity index (χ2n) is 9.62. The maximum absolute atomic E-state index is 14.3. The van der Waals surface area contributed by atoms with Crippen LogP contribution in [-0.4, -0.2) is 75.0 Å². The molecule has 1 spiro atoms. The normalized spacial score (nSPS) is 32.9. The number of carbonyl (C=O) groups is 3. The lowest BCUT2D eigenvalue weighted by Crippen LogP contribution is -2.54. The van der Waals surface area contributed by atoms with Crippen LogP contribution in [0.1, 0.15) is 37.8 Å². The number of unbranched alkanes of at least 4 members (excludes halogenated alkanes) is 1. The van der Waals surface area contributed by atoms with Crippen molar-refractivity contribution in [3.63, 3.8) is 0 Å². The van der Waals surface area contributed by atoms with Crippen molar-refractivity contribution >= 4 is 29.5 Å². The lowest BCUT2D eigenvalue weighted by molar-refractivity contribution is -0.153. The number of rotatable bonds is 6. The van der Waals surface area contributed by atoms with Crippen LogP contribution in [0.3, 0.4) is 0 Å². The van der Waals surface area contributed by atoms with E-state index in [-0.39, 0.29) is 36.2 Å². The third-order valence-electron chi connectivity index (χ3n) is 7.62. The first-order chi connectivity index (χ1) is 17.0. The quantitative estimate of drug-likeness (QED) is 0.481. The summed E-state index contributed by atoms with van der Waals surface area (Å²) in [5, 5.41) is 10.2. The Morgan fingerprint density at radius 1 is 1.17 bits per heavy atom. The Balaban J connectivity index is 1.64. The third kappa shape index (κ3) is 3.91. The standard InChI is InChI=1S/C27H32N2O5S/c1-2-3-14-28-15-9-13-27-22(21-20(35-27)12-7-8-16-34-26(21)33)24(31)29(23(27)25(28)32)19(17-30)18-10-5-4-6-11-18/h4-7,9-13,19-23,30H,2-3,8,14-17H2,1H3/t19-,20-,21+,22+,23?,27+/m1/s1. The van der Waals surface area contributed by atoms with Crippen LogP contribution in [0, 0.1) is 11.8 Å². The zero-order chi connectivity index (χ0) is 24.6. The van der Waals surface area contributed by atoms with Crippen molar-refractivity contribution in [1.29, 1.82) is 0 Å². The number of hydrogen-bond donors (Lipinski definition) is 1. The molecule has 2 amide bonds. The summed E-state index contributed by atoms with van der Waals surface area (Å²) in [6, 6.07) is 7.83. The summed E-state index contributed by atoms with van der Waals surface area (Å²) < 4.78 is 4.62. The number of esters is 1. The molecule has 2 fully saturated rings. The highest BCUT2D eigenvalue weighted by Gasteiger charge is 2.71. The number of cyclic esters (lactones) is 1. The molecule has 35 heavy (non-hydrogen) atoms. The van der Waals surface area contributed by atoms with Crippen molar-refractivity contribution in [3.05, 3.63) is 60.2 Å². The summed E-state index contributed by atoms with van der Waals surface area (Å²) in [6.45, 7) is 3.13. The Bertz CT molecular complexity index is 1040. The molecular weight excluding hydrogens is 464 g/mol. The second-order valence-corrected chi connectivity index (χ2v) is 11.1. The largest absolute Gasteiger partial charge is 0.465 e. The average molecular weight is 497 g/mol. The van der Waals surface area contributed by atoms with Crippen LogP contribution in [0.25, 0.3) is 0 Å². The molecule has 4 aliphatic heterocycles. The maximum Gasteiger partial charge on any atom is 0.311 e. The summed E-state index contributed by atoms with van der Waals surface area (Å²) in [5.74, 6) is -2.17. The van der Waals surface area contributed by atoms with E-state index < -0.39 is 28.7 Å². The summed E-state index contributed by atoms with van der Waals surface area (Å²) in [6.07, 6.45) is 10.4. The van der Waals surface area contributed by atoms with E-state index in [4.69, 9.17) is 4.74 Å². The molecule has 5 rings (SSSR count). The Morgan fingerprint density at radius 3 is 2.71 bits per heavy atom. The predicted molar refractivity (Wildman–Crippen MR) is 133 cm³/mol. The van der Waals surface area contributed by atoms with E-state index in [2.05, 4.69) is 6.92 Å². The van der Waals surface area contributed by atoms with E-state index in [1.807, 2.05) is 59.5 Å².